The minimum absolute atomic E-state index is 0.0526. The predicted octanol–water partition coefficient (Wildman–Crippen LogP) is 3.50. The summed E-state index contributed by atoms with van der Waals surface area (Å²) in [5.74, 6) is -1.11. The van der Waals surface area contributed by atoms with Crippen molar-refractivity contribution in [1.82, 2.24) is 4.98 Å². The SMILES string of the molecule is CC(CC(=O)O)c1cc(-c2ccc(Cl)s2)c(C#N)c(N)n1. The summed E-state index contributed by atoms with van der Waals surface area (Å²) in [4.78, 5) is 15.8. The molecular weight excluding hydrogens is 310 g/mol. The number of nitrogens with two attached hydrogens (primary N) is 1. The molecule has 0 aliphatic heterocycles. The predicted molar refractivity (Wildman–Crippen MR) is 82.4 cm³/mol. The molecule has 5 nitrogen and oxygen atoms in total. The van der Waals surface area contributed by atoms with Crippen LogP contribution in [0.25, 0.3) is 10.4 Å². The van der Waals surface area contributed by atoms with Crippen LogP contribution in [0.3, 0.4) is 0 Å². The molecule has 7 heteroatoms. The van der Waals surface area contributed by atoms with E-state index in [0.29, 0.717) is 15.6 Å². The number of rotatable bonds is 4. The van der Waals surface area contributed by atoms with Crippen molar-refractivity contribution in [2.75, 3.05) is 5.73 Å². The molecule has 0 fully saturated rings. The first-order valence-electron chi connectivity index (χ1n) is 6.10. The first kappa shape index (κ1) is 15.3. The molecule has 0 aliphatic carbocycles. The van der Waals surface area contributed by atoms with E-state index < -0.39 is 5.97 Å². The number of carboxylic acids is 1. The number of carboxylic acid groups (broad SMARTS) is 1. The highest BCUT2D eigenvalue weighted by atomic mass is 35.5. The van der Waals surface area contributed by atoms with Crippen LogP contribution in [0.2, 0.25) is 4.34 Å². The minimum Gasteiger partial charge on any atom is -0.481 e. The third kappa shape index (κ3) is 3.32. The van der Waals surface area contributed by atoms with Gasteiger partial charge in [0.1, 0.15) is 17.5 Å². The van der Waals surface area contributed by atoms with Gasteiger partial charge >= 0.3 is 5.97 Å². The van der Waals surface area contributed by atoms with Crippen molar-refractivity contribution in [2.45, 2.75) is 19.3 Å². The van der Waals surface area contributed by atoms with Gasteiger partial charge in [0.2, 0.25) is 0 Å². The normalized spacial score (nSPS) is 11.9. The van der Waals surface area contributed by atoms with Gasteiger partial charge in [0, 0.05) is 22.1 Å². The molecule has 0 aromatic carbocycles. The molecule has 0 spiro atoms. The number of pyridine rings is 1. The molecule has 3 N–H and O–H groups in total. The van der Waals surface area contributed by atoms with Crippen molar-refractivity contribution in [2.24, 2.45) is 0 Å². The molecule has 0 amide bonds. The molecule has 2 aromatic heterocycles. The second kappa shape index (κ2) is 6.12. The van der Waals surface area contributed by atoms with Crippen LogP contribution in [0.15, 0.2) is 18.2 Å². The molecule has 1 unspecified atom stereocenters. The molecule has 0 aliphatic rings. The van der Waals surface area contributed by atoms with Gasteiger partial charge in [-0.3, -0.25) is 4.79 Å². The summed E-state index contributed by atoms with van der Waals surface area (Å²) in [7, 11) is 0. The summed E-state index contributed by atoms with van der Waals surface area (Å²) in [5, 5.41) is 18.1. The Morgan fingerprint density at radius 2 is 2.33 bits per heavy atom. The average Bonchev–Trinajstić information content (AvgIpc) is 2.83. The van der Waals surface area contributed by atoms with E-state index in [9.17, 15) is 10.1 Å². The molecule has 2 heterocycles. The zero-order chi connectivity index (χ0) is 15.6. The van der Waals surface area contributed by atoms with Gasteiger partial charge in [0.25, 0.3) is 0 Å². The number of halogens is 1. The first-order valence-corrected chi connectivity index (χ1v) is 7.29. The summed E-state index contributed by atoms with van der Waals surface area (Å²) in [6.45, 7) is 1.76. The van der Waals surface area contributed by atoms with E-state index in [1.807, 2.05) is 6.07 Å². The van der Waals surface area contributed by atoms with Gasteiger partial charge in [-0.15, -0.1) is 11.3 Å². The lowest BCUT2D eigenvalue weighted by Crippen LogP contribution is -2.08. The smallest absolute Gasteiger partial charge is 0.304 e. The van der Waals surface area contributed by atoms with E-state index in [0.717, 1.165) is 4.88 Å². The zero-order valence-electron chi connectivity index (χ0n) is 11.1. The molecule has 0 radical (unpaired) electrons. The van der Waals surface area contributed by atoms with Gasteiger partial charge in [-0.1, -0.05) is 18.5 Å². The Morgan fingerprint density at radius 3 is 2.86 bits per heavy atom. The Bertz CT molecular complexity index is 736. The number of nitrogens with zero attached hydrogens (tertiary/aromatic N) is 2. The Morgan fingerprint density at radius 1 is 1.62 bits per heavy atom. The lowest BCUT2D eigenvalue weighted by molar-refractivity contribution is -0.137. The Kier molecular flexibility index (Phi) is 4.46. The van der Waals surface area contributed by atoms with E-state index >= 15 is 0 Å². The maximum absolute atomic E-state index is 10.8. The van der Waals surface area contributed by atoms with E-state index in [1.165, 1.54) is 11.3 Å². The van der Waals surface area contributed by atoms with Crippen LogP contribution in [0.4, 0.5) is 5.82 Å². The Hall–Kier alpha value is -2.10. The maximum Gasteiger partial charge on any atom is 0.304 e. The number of hydrogen-bond donors (Lipinski definition) is 2. The van der Waals surface area contributed by atoms with E-state index in [2.05, 4.69) is 4.98 Å². The van der Waals surface area contributed by atoms with E-state index in [-0.39, 0.29) is 23.7 Å². The second-order valence-electron chi connectivity index (χ2n) is 4.57. The van der Waals surface area contributed by atoms with Gasteiger partial charge in [0.05, 0.1) is 10.8 Å². The van der Waals surface area contributed by atoms with Crippen molar-refractivity contribution in [3.8, 4) is 16.5 Å². The van der Waals surface area contributed by atoms with Gasteiger partial charge in [-0.2, -0.15) is 5.26 Å². The van der Waals surface area contributed by atoms with Gasteiger partial charge in [-0.25, -0.2) is 4.98 Å². The second-order valence-corrected chi connectivity index (χ2v) is 6.28. The Balaban J connectivity index is 2.55. The van der Waals surface area contributed by atoms with Crippen molar-refractivity contribution in [1.29, 1.82) is 5.26 Å². The molecule has 108 valence electrons. The van der Waals surface area contributed by atoms with Crippen LogP contribution in [0.1, 0.15) is 30.5 Å². The average molecular weight is 322 g/mol. The number of anilines is 1. The number of aromatic nitrogens is 1. The summed E-state index contributed by atoms with van der Waals surface area (Å²) >= 11 is 7.26. The molecule has 2 rings (SSSR count). The van der Waals surface area contributed by atoms with Crippen molar-refractivity contribution in [3.63, 3.8) is 0 Å². The van der Waals surface area contributed by atoms with E-state index in [4.69, 9.17) is 22.4 Å². The highest BCUT2D eigenvalue weighted by Crippen LogP contribution is 2.36. The van der Waals surface area contributed by atoms with E-state index in [1.54, 1.807) is 25.1 Å². The monoisotopic (exact) mass is 321 g/mol. The Labute approximate surface area is 130 Å². The van der Waals surface area contributed by atoms with Gasteiger partial charge < -0.3 is 10.8 Å². The van der Waals surface area contributed by atoms with Crippen molar-refractivity contribution in [3.05, 3.63) is 33.8 Å². The highest BCUT2D eigenvalue weighted by Gasteiger charge is 2.18. The van der Waals surface area contributed by atoms with Crippen LogP contribution in [-0.4, -0.2) is 16.1 Å². The highest BCUT2D eigenvalue weighted by molar-refractivity contribution is 7.19. The largest absolute Gasteiger partial charge is 0.481 e. The third-order valence-corrected chi connectivity index (χ3v) is 4.27. The molecule has 21 heavy (non-hydrogen) atoms. The maximum atomic E-state index is 10.8. The number of thiophene rings is 1. The first-order chi connectivity index (χ1) is 9.92. The molecule has 1 atom stereocenters. The van der Waals surface area contributed by atoms with Crippen LogP contribution >= 0.6 is 22.9 Å². The molecular formula is C14H12ClN3O2S. The topological polar surface area (TPSA) is 100 Å². The zero-order valence-corrected chi connectivity index (χ0v) is 12.7. The summed E-state index contributed by atoms with van der Waals surface area (Å²) in [6, 6.07) is 7.29. The standard InChI is InChI=1S/C14H12ClN3O2S/c1-7(4-13(19)20)10-5-8(9(6-16)14(17)18-10)11-2-3-12(15)21-11/h2-3,5,7H,4H2,1H3,(H2,17,18)(H,19,20). The number of nitriles is 1. The molecule has 0 saturated carbocycles. The fourth-order valence-corrected chi connectivity index (χ4v) is 3.04. The van der Waals surface area contributed by atoms with Crippen LogP contribution in [0.5, 0.6) is 0 Å². The molecule has 0 bridgehead atoms. The number of carbonyl (C=O) groups is 1. The minimum atomic E-state index is -0.909. The quantitative estimate of drug-likeness (QED) is 0.897. The number of nitrogen functional groups attached to an aromatic ring is 1. The summed E-state index contributed by atoms with van der Waals surface area (Å²) in [6.07, 6.45) is -0.0526. The fourth-order valence-electron chi connectivity index (χ4n) is 1.98. The van der Waals surface area contributed by atoms with Crippen LogP contribution < -0.4 is 5.73 Å². The van der Waals surface area contributed by atoms with Crippen LogP contribution in [-0.2, 0) is 4.79 Å². The number of aliphatic carboxylic acids is 1. The fraction of sp³-hybridized carbons (Fsp3) is 0.214. The van der Waals surface area contributed by atoms with Crippen LogP contribution in [0, 0.1) is 11.3 Å². The van der Waals surface area contributed by atoms with Gasteiger partial charge in [0.15, 0.2) is 0 Å². The van der Waals surface area contributed by atoms with Crippen molar-refractivity contribution >= 4 is 34.7 Å². The molecule has 2 aromatic rings. The van der Waals surface area contributed by atoms with Gasteiger partial charge in [-0.05, 0) is 18.2 Å². The van der Waals surface area contributed by atoms with Crippen molar-refractivity contribution < 1.29 is 9.90 Å². The lowest BCUT2D eigenvalue weighted by Gasteiger charge is -2.12. The third-order valence-electron chi connectivity index (χ3n) is 3.00. The molecule has 0 saturated heterocycles. The number of hydrogen-bond acceptors (Lipinski definition) is 5. The lowest BCUT2D eigenvalue weighted by atomic mass is 9.99. The summed E-state index contributed by atoms with van der Waals surface area (Å²) in [5.41, 5.74) is 7.30. The summed E-state index contributed by atoms with van der Waals surface area (Å²) < 4.78 is 0.601.